The van der Waals surface area contributed by atoms with Gasteiger partial charge in [-0.2, -0.15) is 8.78 Å². The van der Waals surface area contributed by atoms with Gasteiger partial charge in [0.05, 0.1) is 31.8 Å². The highest BCUT2D eigenvalue weighted by Crippen LogP contribution is 2.35. The highest BCUT2D eigenvalue weighted by Gasteiger charge is 2.25. The van der Waals surface area contributed by atoms with Gasteiger partial charge < -0.3 is 24.3 Å². The number of nitro benzene ring substituents is 1. The highest BCUT2D eigenvalue weighted by molar-refractivity contribution is 5.99. The van der Waals surface area contributed by atoms with Gasteiger partial charge in [0.2, 0.25) is 0 Å². The van der Waals surface area contributed by atoms with Crippen molar-refractivity contribution in [1.82, 2.24) is 5.32 Å². The van der Waals surface area contributed by atoms with Crippen molar-refractivity contribution in [1.29, 1.82) is 0 Å². The fraction of sp³-hybridized carbons (Fsp3) is 0.278. The van der Waals surface area contributed by atoms with Crippen LogP contribution >= 0.6 is 0 Å². The summed E-state index contributed by atoms with van der Waals surface area (Å²) >= 11 is 0. The molecule has 1 amide bonds. The van der Waals surface area contributed by atoms with Gasteiger partial charge in [-0.05, 0) is 12.1 Å². The molecule has 0 bridgehead atoms. The largest absolute Gasteiger partial charge is 0.493 e. The van der Waals surface area contributed by atoms with Crippen LogP contribution in [0.5, 0.6) is 23.0 Å². The van der Waals surface area contributed by atoms with Crippen molar-refractivity contribution in [2.24, 2.45) is 0 Å². The van der Waals surface area contributed by atoms with Gasteiger partial charge >= 0.3 is 6.61 Å². The third kappa shape index (κ3) is 5.67. The molecule has 29 heavy (non-hydrogen) atoms. The first-order chi connectivity index (χ1) is 13.9. The number of amides is 1. The fourth-order valence-corrected chi connectivity index (χ4v) is 2.39. The average molecular weight is 412 g/mol. The maximum Gasteiger partial charge on any atom is 0.387 e. The Bertz CT molecular complexity index is 877. The van der Waals surface area contributed by atoms with E-state index in [-0.39, 0.29) is 24.5 Å². The van der Waals surface area contributed by atoms with Gasteiger partial charge in [0.15, 0.2) is 23.0 Å². The number of nitrogens with one attached hydrogen (secondary N) is 1. The molecule has 0 saturated heterocycles. The van der Waals surface area contributed by atoms with Crippen molar-refractivity contribution in [2.75, 3.05) is 27.4 Å². The van der Waals surface area contributed by atoms with Gasteiger partial charge in [0, 0.05) is 6.07 Å². The number of nitro groups is 1. The minimum Gasteiger partial charge on any atom is -0.493 e. The molecule has 0 heterocycles. The minimum absolute atomic E-state index is 0.0195. The van der Waals surface area contributed by atoms with Crippen LogP contribution in [0.15, 0.2) is 36.4 Å². The molecule has 2 aromatic carbocycles. The van der Waals surface area contributed by atoms with E-state index in [1.807, 2.05) is 0 Å². The van der Waals surface area contributed by atoms with Crippen LogP contribution in [0.4, 0.5) is 14.5 Å². The zero-order valence-electron chi connectivity index (χ0n) is 15.5. The molecule has 2 aromatic rings. The van der Waals surface area contributed by atoms with Gasteiger partial charge in [-0.1, -0.05) is 12.1 Å². The smallest absolute Gasteiger partial charge is 0.387 e. The van der Waals surface area contributed by atoms with Crippen molar-refractivity contribution >= 4 is 11.6 Å². The quantitative estimate of drug-likeness (QED) is 0.363. The second-order valence-electron chi connectivity index (χ2n) is 5.41. The van der Waals surface area contributed by atoms with Crippen molar-refractivity contribution in [3.05, 3.63) is 52.1 Å². The Hall–Kier alpha value is -3.63. The predicted molar refractivity (Wildman–Crippen MR) is 97.1 cm³/mol. The Morgan fingerprint density at radius 2 is 1.76 bits per heavy atom. The van der Waals surface area contributed by atoms with Gasteiger partial charge in [-0.3, -0.25) is 14.9 Å². The molecular weight excluding hydrogens is 394 g/mol. The average Bonchev–Trinajstić information content (AvgIpc) is 2.70. The standard InChI is InChI=1S/C18H18F2N2O7/c1-26-13-5-3-4-6-14(13)28-8-7-21-17(23)11-9-15(27-2)16(29-18(19)20)10-12(11)22(24)25/h3-6,9-10,18H,7-8H2,1-2H3,(H,21,23). The number of methoxy groups -OCH3 is 2. The first-order valence-electron chi connectivity index (χ1n) is 8.22. The number of hydrogen-bond acceptors (Lipinski definition) is 7. The summed E-state index contributed by atoms with van der Waals surface area (Å²) in [5, 5.41) is 13.7. The Labute approximate surface area is 164 Å². The summed E-state index contributed by atoms with van der Waals surface area (Å²) in [5.74, 6) is -0.627. The molecule has 0 aliphatic carbocycles. The van der Waals surface area contributed by atoms with E-state index in [9.17, 15) is 23.7 Å². The fourth-order valence-electron chi connectivity index (χ4n) is 2.39. The first kappa shape index (κ1) is 21.7. The van der Waals surface area contributed by atoms with E-state index in [2.05, 4.69) is 10.1 Å². The number of carbonyl (C=O) groups excluding carboxylic acids is 1. The van der Waals surface area contributed by atoms with E-state index in [1.54, 1.807) is 24.3 Å². The van der Waals surface area contributed by atoms with Crippen molar-refractivity contribution in [3.8, 4) is 23.0 Å². The summed E-state index contributed by atoms with van der Waals surface area (Å²) < 4.78 is 44.7. The molecule has 0 saturated carbocycles. The Morgan fingerprint density at radius 1 is 1.10 bits per heavy atom. The first-order valence-corrected chi connectivity index (χ1v) is 8.22. The minimum atomic E-state index is -3.21. The number of halogens is 2. The number of alkyl halides is 2. The molecule has 0 fully saturated rings. The van der Waals surface area contributed by atoms with E-state index in [0.717, 1.165) is 13.2 Å². The molecule has 0 atom stereocenters. The van der Waals surface area contributed by atoms with Gasteiger partial charge in [-0.15, -0.1) is 0 Å². The molecule has 1 N–H and O–H groups in total. The molecular formula is C18H18F2N2O7. The molecule has 0 spiro atoms. The lowest BCUT2D eigenvalue weighted by atomic mass is 10.1. The number of carbonyl (C=O) groups is 1. The molecule has 156 valence electrons. The summed E-state index contributed by atoms with van der Waals surface area (Å²) in [6.45, 7) is -3.13. The molecule has 0 aliphatic heterocycles. The summed E-state index contributed by atoms with van der Waals surface area (Å²) in [7, 11) is 2.64. The Kier molecular flexibility index (Phi) is 7.52. The van der Waals surface area contributed by atoms with Crippen LogP contribution in [0.25, 0.3) is 0 Å². The number of ether oxygens (including phenoxy) is 4. The van der Waals surface area contributed by atoms with Crippen molar-refractivity contribution < 1.29 is 37.4 Å². The summed E-state index contributed by atoms with van der Waals surface area (Å²) in [4.78, 5) is 22.7. The SMILES string of the molecule is COc1ccccc1OCCNC(=O)c1cc(OC)c(OC(F)F)cc1[N+](=O)[O-]. The van der Waals surface area contributed by atoms with Crippen LogP contribution in [0.2, 0.25) is 0 Å². The third-order valence-corrected chi connectivity index (χ3v) is 3.65. The van der Waals surface area contributed by atoms with E-state index >= 15 is 0 Å². The summed E-state index contributed by atoms with van der Waals surface area (Å²) in [6.07, 6.45) is 0. The predicted octanol–water partition coefficient (Wildman–Crippen LogP) is 3.02. The Morgan fingerprint density at radius 3 is 2.34 bits per heavy atom. The zero-order chi connectivity index (χ0) is 21.4. The highest BCUT2D eigenvalue weighted by atomic mass is 19.3. The van der Waals surface area contributed by atoms with E-state index < -0.39 is 28.9 Å². The van der Waals surface area contributed by atoms with Crippen LogP contribution in [-0.4, -0.2) is 44.8 Å². The number of nitrogens with zero attached hydrogens (tertiary/aromatic N) is 1. The second-order valence-corrected chi connectivity index (χ2v) is 5.41. The van der Waals surface area contributed by atoms with Crippen LogP contribution in [0.1, 0.15) is 10.4 Å². The lowest BCUT2D eigenvalue weighted by Crippen LogP contribution is -2.28. The second kappa shape index (κ2) is 10.1. The number of benzene rings is 2. The molecule has 9 nitrogen and oxygen atoms in total. The molecule has 0 aromatic heterocycles. The number of rotatable bonds is 10. The van der Waals surface area contributed by atoms with Gasteiger partial charge in [0.1, 0.15) is 12.2 Å². The molecule has 0 radical (unpaired) electrons. The molecule has 0 aliphatic rings. The maximum atomic E-state index is 12.5. The van der Waals surface area contributed by atoms with E-state index in [0.29, 0.717) is 17.6 Å². The molecule has 0 unspecified atom stereocenters. The lowest BCUT2D eigenvalue weighted by molar-refractivity contribution is -0.385. The number of para-hydroxylation sites is 2. The third-order valence-electron chi connectivity index (χ3n) is 3.65. The van der Waals surface area contributed by atoms with Crippen LogP contribution in [0.3, 0.4) is 0 Å². The normalized spacial score (nSPS) is 10.4. The summed E-state index contributed by atoms with van der Waals surface area (Å²) in [5.41, 5.74) is -1.07. The van der Waals surface area contributed by atoms with Crippen molar-refractivity contribution in [3.63, 3.8) is 0 Å². The Balaban J connectivity index is 2.10. The molecule has 2 rings (SSSR count). The maximum absolute atomic E-state index is 12.5. The van der Waals surface area contributed by atoms with Gasteiger partial charge in [-0.25, -0.2) is 0 Å². The van der Waals surface area contributed by atoms with Crippen LogP contribution in [0, 0.1) is 10.1 Å². The van der Waals surface area contributed by atoms with E-state index in [4.69, 9.17) is 14.2 Å². The number of hydrogen-bond donors (Lipinski definition) is 1. The van der Waals surface area contributed by atoms with E-state index in [1.165, 1.54) is 7.11 Å². The summed E-state index contributed by atoms with van der Waals surface area (Å²) in [6, 6.07) is 8.57. The van der Waals surface area contributed by atoms with Crippen molar-refractivity contribution in [2.45, 2.75) is 6.61 Å². The topological polar surface area (TPSA) is 109 Å². The molecule has 11 heteroatoms. The monoisotopic (exact) mass is 412 g/mol. The zero-order valence-corrected chi connectivity index (χ0v) is 15.5. The van der Waals surface area contributed by atoms with Crippen LogP contribution in [-0.2, 0) is 0 Å². The van der Waals surface area contributed by atoms with Crippen LogP contribution < -0.4 is 24.3 Å². The lowest BCUT2D eigenvalue weighted by Gasteiger charge is -2.13. The van der Waals surface area contributed by atoms with Gasteiger partial charge in [0.25, 0.3) is 11.6 Å².